The number of rotatable bonds is 18. The Labute approximate surface area is 239 Å². The van der Waals surface area contributed by atoms with Crippen LogP contribution >= 0.6 is 11.8 Å². The van der Waals surface area contributed by atoms with E-state index in [-0.39, 0.29) is 43.4 Å². The number of nitrogens with zero attached hydrogens (tertiary/aromatic N) is 1. The van der Waals surface area contributed by atoms with Gasteiger partial charge in [0.25, 0.3) is 0 Å². The molecule has 224 valence electrons. The Morgan fingerprint density at radius 1 is 0.950 bits per heavy atom. The van der Waals surface area contributed by atoms with Gasteiger partial charge < -0.3 is 43.4 Å². The molecule has 3 amide bonds. The molecule has 0 aliphatic heterocycles. The molecule has 40 heavy (non-hydrogen) atoms. The quantitative estimate of drug-likeness (QED) is 0.0637. The lowest BCUT2D eigenvalue weighted by Crippen LogP contribution is -2.58. The molecule has 14 heteroatoms. The van der Waals surface area contributed by atoms with Gasteiger partial charge in [-0.1, -0.05) is 32.4 Å². The molecule has 5 atom stereocenters. The molecule has 0 saturated carbocycles. The average molecular weight is 582 g/mol. The fourth-order valence-electron chi connectivity index (χ4n) is 3.67. The number of benzene rings is 1. The number of phenolic OH excluding ortho intramolecular Hbond substituents is 1. The van der Waals surface area contributed by atoms with Crippen molar-refractivity contribution in [1.82, 2.24) is 16.0 Å². The normalized spacial score (nSPS) is 14.6. The highest BCUT2D eigenvalue weighted by Crippen LogP contribution is 2.13. The van der Waals surface area contributed by atoms with Gasteiger partial charge in [0.15, 0.2) is 5.96 Å². The van der Waals surface area contributed by atoms with Crippen LogP contribution in [0.5, 0.6) is 5.75 Å². The van der Waals surface area contributed by atoms with Gasteiger partial charge in [-0.25, -0.2) is 4.79 Å². The second-order valence-corrected chi connectivity index (χ2v) is 10.5. The Morgan fingerprint density at radius 2 is 1.52 bits per heavy atom. The van der Waals surface area contributed by atoms with Gasteiger partial charge in [-0.2, -0.15) is 11.8 Å². The number of hydrogen-bond acceptors (Lipinski definition) is 8. The Hall–Kier alpha value is -3.52. The topological polar surface area (TPSA) is 235 Å². The number of carboxylic acids is 1. The number of aromatic hydroxyl groups is 1. The van der Waals surface area contributed by atoms with Gasteiger partial charge in [-0.3, -0.25) is 19.4 Å². The monoisotopic (exact) mass is 581 g/mol. The van der Waals surface area contributed by atoms with Crippen LogP contribution < -0.4 is 33.2 Å². The summed E-state index contributed by atoms with van der Waals surface area (Å²) in [6, 6.07) is 1.83. The lowest BCUT2D eigenvalue weighted by Gasteiger charge is -2.26. The minimum atomic E-state index is -1.19. The maximum atomic E-state index is 13.4. The summed E-state index contributed by atoms with van der Waals surface area (Å²) >= 11 is 1.44. The van der Waals surface area contributed by atoms with Crippen LogP contribution in [0.4, 0.5) is 0 Å². The summed E-state index contributed by atoms with van der Waals surface area (Å²) in [4.78, 5) is 55.1. The molecule has 0 fully saturated rings. The van der Waals surface area contributed by atoms with Crippen molar-refractivity contribution in [2.45, 2.75) is 70.1 Å². The first-order valence-corrected chi connectivity index (χ1v) is 14.5. The molecule has 0 heterocycles. The third-order valence-electron chi connectivity index (χ3n) is 6.37. The van der Waals surface area contributed by atoms with E-state index in [2.05, 4.69) is 20.9 Å². The number of carbonyl (C=O) groups is 4. The molecule has 0 radical (unpaired) electrons. The predicted octanol–water partition coefficient (Wildman–Crippen LogP) is -0.346. The van der Waals surface area contributed by atoms with Crippen molar-refractivity contribution in [3.8, 4) is 5.75 Å². The van der Waals surface area contributed by atoms with E-state index in [4.69, 9.17) is 17.2 Å². The summed E-state index contributed by atoms with van der Waals surface area (Å²) in [5.41, 5.74) is 17.4. The summed E-state index contributed by atoms with van der Waals surface area (Å²) in [6.45, 7) is 3.94. The van der Waals surface area contributed by atoms with E-state index in [1.54, 1.807) is 12.1 Å². The Kier molecular flexibility index (Phi) is 15.5. The minimum Gasteiger partial charge on any atom is -0.508 e. The van der Waals surface area contributed by atoms with E-state index in [0.717, 1.165) is 0 Å². The summed E-state index contributed by atoms with van der Waals surface area (Å²) in [5, 5.41) is 27.0. The standard InChI is InChI=1S/C26H43N7O6S/c1-4-15(2)21(27)24(37)31-18(6-5-12-30-26(28)29)22(35)33-20(14-16-7-9-17(34)10-8-16)23(36)32-19(25(38)39)11-13-40-3/h7-10,15,18-21,34H,4-6,11-14,27H2,1-3H3,(H,31,37)(H,32,36)(H,33,35)(H,38,39)(H4,28,29,30). The third kappa shape index (κ3) is 12.6. The highest BCUT2D eigenvalue weighted by atomic mass is 32.2. The molecule has 1 aromatic rings. The van der Waals surface area contributed by atoms with Crippen molar-refractivity contribution in [3.63, 3.8) is 0 Å². The molecular formula is C26H43N7O6S. The van der Waals surface area contributed by atoms with E-state index in [1.165, 1.54) is 23.9 Å². The van der Waals surface area contributed by atoms with E-state index < -0.39 is 47.9 Å². The lowest BCUT2D eigenvalue weighted by molar-refractivity contribution is -0.142. The molecule has 0 bridgehead atoms. The number of aliphatic imine (C=N–C) groups is 1. The minimum absolute atomic E-state index is 0.00771. The lowest BCUT2D eigenvalue weighted by atomic mass is 9.98. The van der Waals surface area contributed by atoms with Crippen molar-refractivity contribution >= 4 is 41.4 Å². The number of guanidine groups is 1. The van der Waals surface area contributed by atoms with Crippen molar-refractivity contribution in [2.24, 2.45) is 28.1 Å². The van der Waals surface area contributed by atoms with Crippen LogP contribution in [0.15, 0.2) is 29.3 Å². The number of amides is 3. The maximum absolute atomic E-state index is 13.4. The molecule has 0 aromatic heterocycles. The number of aliphatic carboxylic acids is 1. The van der Waals surface area contributed by atoms with Crippen molar-refractivity contribution < 1.29 is 29.4 Å². The van der Waals surface area contributed by atoms with Crippen molar-refractivity contribution in [1.29, 1.82) is 0 Å². The van der Waals surface area contributed by atoms with Crippen molar-refractivity contribution in [2.75, 3.05) is 18.6 Å². The Balaban J connectivity index is 3.20. The SMILES string of the molecule is CCC(C)C(N)C(=O)NC(CCCN=C(N)N)C(=O)NC(Cc1ccc(O)cc1)C(=O)NC(CCSC)C(=O)O. The predicted molar refractivity (Wildman–Crippen MR) is 156 cm³/mol. The molecule has 13 nitrogen and oxygen atoms in total. The van der Waals surface area contributed by atoms with E-state index in [1.807, 2.05) is 20.1 Å². The second-order valence-electron chi connectivity index (χ2n) is 9.53. The van der Waals surface area contributed by atoms with Gasteiger partial charge in [0.05, 0.1) is 6.04 Å². The number of nitrogens with one attached hydrogen (secondary N) is 3. The van der Waals surface area contributed by atoms with Gasteiger partial charge in [0.2, 0.25) is 17.7 Å². The first-order valence-electron chi connectivity index (χ1n) is 13.1. The summed E-state index contributed by atoms with van der Waals surface area (Å²) in [7, 11) is 0. The zero-order chi connectivity index (χ0) is 30.2. The van der Waals surface area contributed by atoms with Crippen LogP contribution in [-0.4, -0.2) is 82.6 Å². The van der Waals surface area contributed by atoms with Gasteiger partial charge >= 0.3 is 5.97 Å². The first-order chi connectivity index (χ1) is 18.9. The first kappa shape index (κ1) is 34.5. The molecule has 5 unspecified atom stereocenters. The van der Waals surface area contributed by atoms with Gasteiger partial charge in [-0.15, -0.1) is 0 Å². The number of carbonyl (C=O) groups excluding carboxylic acids is 3. The van der Waals surface area contributed by atoms with Gasteiger partial charge in [0, 0.05) is 13.0 Å². The third-order valence-corrected chi connectivity index (χ3v) is 7.02. The van der Waals surface area contributed by atoms with Crippen LogP contribution in [0.25, 0.3) is 0 Å². The Morgan fingerprint density at radius 3 is 2.08 bits per heavy atom. The fourth-order valence-corrected chi connectivity index (χ4v) is 4.14. The summed E-state index contributed by atoms with van der Waals surface area (Å²) in [5.74, 6) is -2.76. The zero-order valence-corrected chi connectivity index (χ0v) is 24.1. The average Bonchev–Trinajstić information content (AvgIpc) is 2.91. The van der Waals surface area contributed by atoms with Crippen molar-refractivity contribution in [3.05, 3.63) is 29.8 Å². The molecule has 1 aromatic carbocycles. The largest absolute Gasteiger partial charge is 0.508 e. The Bertz CT molecular complexity index is 1000. The number of carboxylic acid groups (broad SMARTS) is 1. The molecule has 0 aliphatic rings. The van der Waals surface area contributed by atoms with Crippen LogP contribution in [-0.2, 0) is 25.6 Å². The van der Waals surface area contributed by atoms with Crippen LogP contribution in [0.3, 0.4) is 0 Å². The molecule has 11 N–H and O–H groups in total. The number of phenols is 1. The van der Waals surface area contributed by atoms with Gasteiger partial charge in [0.1, 0.15) is 23.9 Å². The summed E-state index contributed by atoms with van der Waals surface area (Å²) in [6.07, 6.45) is 3.18. The van der Waals surface area contributed by atoms with Crippen LogP contribution in [0, 0.1) is 5.92 Å². The van der Waals surface area contributed by atoms with E-state index in [0.29, 0.717) is 24.2 Å². The number of nitrogens with two attached hydrogens (primary N) is 3. The maximum Gasteiger partial charge on any atom is 0.326 e. The van der Waals surface area contributed by atoms with Gasteiger partial charge in [-0.05, 0) is 54.9 Å². The smallest absolute Gasteiger partial charge is 0.326 e. The van der Waals surface area contributed by atoms with Crippen LogP contribution in [0.2, 0.25) is 0 Å². The molecule has 0 saturated heterocycles. The molecule has 1 rings (SSSR count). The molecular weight excluding hydrogens is 538 g/mol. The highest BCUT2D eigenvalue weighted by Gasteiger charge is 2.31. The van der Waals surface area contributed by atoms with E-state index in [9.17, 15) is 29.4 Å². The molecule has 0 spiro atoms. The zero-order valence-electron chi connectivity index (χ0n) is 23.3. The second kappa shape index (κ2) is 17.9. The van der Waals surface area contributed by atoms with E-state index >= 15 is 0 Å². The molecule has 0 aliphatic carbocycles. The number of hydrogen-bond donors (Lipinski definition) is 8. The van der Waals surface area contributed by atoms with Crippen LogP contribution in [0.1, 0.15) is 45.1 Å². The fraction of sp³-hybridized carbons (Fsp3) is 0.577. The highest BCUT2D eigenvalue weighted by molar-refractivity contribution is 7.98. The summed E-state index contributed by atoms with van der Waals surface area (Å²) < 4.78 is 0. The number of thioether (sulfide) groups is 1.